The zero-order valence-corrected chi connectivity index (χ0v) is 10.6. The van der Waals surface area contributed by atoms with Crippen LogP contribution in [0.2, 0.25) is 0 Å². The Morgan fingerprint density at radius 3 is 2.61 bits per heavy atom. The Morgan fingerprint density at radius 1 is 1.17 bits per heavy atom. The van der Waals surface area contributed by atoms with Crippen molar-refractivity contribution in [3.05, 3.63) is 42.0 Å². The van der Waals surface area contributed by atoms with Crippen molar-refractivity contribution in [1.82, 2.24) is 0 Å². The van der Waals surface area contributed by atoms with Crippen molar-refractivity contribution in [2.75, 3.05) is 7.11 Å². The molecule has 1 N–H and O–H groups in total. The maximum absolute atomic E-state index is 9.14. The Balaban J connectivity index is 2.29. The Hall–Kier alpha value is -1.98. The number of fused-ring (bicyclic) bond motifs is 1. The van der Waals surface area contributed by atoms with Crippen molar-refractivity contribution >= 4 is 10.8 Å². The van der Waals surface area contributed by atoms with Gasteiger partial charge in [-0.05, 0) is 42.0 Å². The van der Waals surface area contributed by atoms with Gasteiger partial charge >= 0.3 is 0 Å². The Labute approximate surface area is 107 Å². The molecule has 1 unspecified atom stereocenters. The smallest absolute Gasteiger partial charge is 0.119 e. The second kappa shape index (κ2) is 5.57. The minimum Gasteiger partial charge on any atom is -0.497 e. The van der Waals surface area contributed by atoms with Gasteiger partial charge in [0.2, 0.25) is 0 Å². The molecule has 2 heteroatoms. The lowest BCUT2D eigenvalue weighted by Crippen LogP contribution is -1.95. The highest BCUT2D eigenvalue weighted by Gasteiger charge is 1.97. The molecular weight excluding hydrogens is 224 g/mol. The molecule has 0 aliphatic rings. The molecule has 92 valence electrons. The van der Waals surface area contributed by atoms with Crippen molar-refractivity contribution in [1.29, 1.82) is 0 Å². The first-order valence-electron chi connectivity index (χ1n) is 5.94. The topological polar surface area (TPSA) is 29.5 Å². The fourth-order valence-electron chi connectivity index (χ4n) is 1.73. The highest BCUT2D eigenvalue weighted by atomic mass is 16.5. The molecule has 2 rings (SSSR count). The molecule has 0 saturated carbocycles. The fourth-order valence-corrected chi connectivity index (χ4v) is 1.73. The van der Waals surface area contributed by atoms with Gasteiger partial charge in [-0.25, -0.2) is 0 Å². The quantitative estimate of drug-likeness (QED) is 0.818. The Bertz CT molecular complexity index is 603. The molecule has 0 amide bonds. The molecular formula is C16H16O2. The van der Waals surface area contributed by atoms with E-state index in [4.69, 9.17) is 9.84 Å². The normalized spacial score (nSPS) is 11.7. The van der Waals surface area contributed by atoms with E-state index in [0.717, 1.165) is 22.1 Å². The van der Waals surface area contributed by atoms with Gasteiger partial charge in [0.1, 0.15) is 5.75 Å². The molecule has 0 bridgehead atoms. The molecule has 0 aliphatic heterocycles. The van der Waals surface area contributed by atoms with Gasteiger partial charge in [0.15, 0.2) is 0 Å². The average Bonchev–Trinajstić information content (AvgIpc) is 2.37. The number of methoxy groups -OCH3 is 1. The van der Waals surface area contributed by atoms with E-state index in [1.165, 1.54) is 0 Å². The zero-order chi connectivity index (χ0) is 13.0. The van der Waals surface area contributed by atoms with Crippen molar-refractivity contribution in [3.8, 4) is 17.6 Å². The number of aliphatic hydroxyl groups excluding tert-OH is 1. The fraction of sp³-hybridized carbons (Fsp3) is 0.250. The van der Waals surface area contributed by atoms with Gasteiger partial charge < -0.3 is 9.84 Å². The Kier molecular flexibility index (Phi) is 3.86. The van der Waals surface area contributed by atoms with E-state index in [1.54, 1.807) is 14.0 Å². The molecule has 0 aliphatic carbocycles. The summed E-state index contributed by atoms with van der Waals surface area (Å²) in [5.74, 6) is 6.88. The molecule has 0 saturated heterocycles. The molecule has 0 radical (unpaired) electrons. The minimum atomic E-state index is -0.373. The van der Waals surface area contributed by atoms with E-state index in [2.05, 4.69) is 11.8 Å². The van der Waals surface area contributed by atoms with Crippen LogP contribution in [-0.2, 0) is 0 Å². The van der Waals surface area contributed by atoms with Crippen LogP contribution < -0.4 is 4.74 Å². The third kappa shape index (κ3) is 3.03. The van der Waals surface area contributed by atoms with Crippen LogP contribution in [0.5, 0.6) is 5.75 Å². The molecule has 0 spiro atoms. The summed E-state index contributed by atoms with van der Waals surface area (Å²) in [6, 6.07) is 12.0. The van der Waals surface area contributed by atoms with Gasteiger partial charge in [-0.15, -0.1) is 0 Å². The predicted molar refractivity (Wildman–Crippen MR) is 73.7 cm³/mol. The summed E-state index contributed by atoms with van der Waals surface area (Å²) in [4.78, 5) is 0. The summed E-state index contributed by atoms with van der Waals surface area (Å²) in [5.41, 5.74) is 0.966. The van der Waals surface area contributed by atoms with Crippen LogP contribution >= 0.6 is 0 Å². The molecule has 2 nitrogen and oxygen atoms in total. The maximum atomic E-state index is 9.14. The summed E-state index contributed by atoms with van der Waals surface area (Å²) in [6.07, 6.45) is 0.128. The van der Waals surface area contributed by atoms with E-state index in [0.29, 0.717) is 6.42 Å². The first-order valence-corrected chi connectivity index (χ1v) is 5.94. The molecule has 0 fully saturated rings. The number of ether oxygens (including phenoxy) is 1. The van der Waals surface area contributed by atoms with Crippen LogP contribution in [0.1, 0.15) is 18.9 Å². The molecule has 1 atom stereocenters. The number of aliphatic hydroxyl groups is 1. The highest BCUT2D eigenvalue weighted by Crippen LogP contribution is 2.21. The van der Waals surface area contributed by atoms with Crippen LogP contribution in [0.15, 0.2) is 36.4 Å². The van der Waals surface area contributed by atoms with E-state index in [-0.39, 0.29) is 6.10 Å². The van der Waals surface area contributed by atoms with E-state index < -0.39 is 0 Å². The average molecular weight is 240 g/mol. The standard InChI is InChI=1S/C16H16O2/c1-12(17)4-3-5-13-6-7-15-11-16(18-2)9-8-14(15)10-13/h6-12,17H,4H2,1-2H3. The van der Waals surface area contributed by atoms with Crippen molar-refractivity contribution in [3.63, 3.8) is 0 Å². The zero-order valence-electron chi connectivity index (χ0n) is 10.6. The van der Waals surface area contributed by atoms with E-state index >= 15 is 0 Å². The monoisotopic (exact) mass is 240 g/mol. The maximum Gasteiger partial charge on any atom is 0.119 e. The highest BCUT2D eigenvalue weighted by molar-refractivity contribution is 5.85. The molecule has 0 heterocycles. The Morgan fingerprint density at radius 2 is 1.89 bits per heavy atom. The van der Waals surface area contributed by atoms with Gasteiger partial charge in [0, 0.05) is 12.0 Å². The van der Waals surface area contributed by atoms with Crippen LogP contribution in [0.4, 0.5) is 0 Å². The number of hydrogen-bond acceptors (Lipinski definition) is 2. The van der Waals surface area contributed by atoms with Crippen molar-refractivity contribution in [2.45, 2.75) is 19.4 Å². The van der Waals surface area contributed by atoms with Gasteiger partial charge in [-0.3, -0.25) is 0 Å². The molecule has 0 aromatic heterocycles. The van der Waals surface area contributed by atoms with Crippen LogP contribution in [0.25, 0.3) is 10.8 Å². The summed E-state index contributed by atoms with van der Waals surface area (Å²) in [7, 11) is 1.66. The SMILES string of the molecule is COc1ccc2cc(C#CCC(C)O)ccc2c1. The summed E-state index contributed by atoms with van der Waals surface area (Å²) < 4.78 is 5.19. The minimum absolute atomic E-state index is 0.373. The lowest BCUT2D eigenvalue weighted by Gasteiger charge is -2.02. The second-order valence-electron chi connectivity index (χ2n) is 4.28. The van der Waals surface area contributed by atoms with Crippen LogP contribution in [-0.4, -0.2) is 18.3 Å². The predicted octanol–water partition coefficient (Wildman–Crippen LogP) is 2.97. The van der Waals surface area contributed by atoms with Crippen molar-refractivity contribution in [2.24, 2.45) is 0 Å². The number of hydrogen-bond donors (Lipinski definition) is 1. The summed E-state index contributed by atoms with van der Waals surface area (Å²) in [5, 5.41) is 11.4. The first kappa shape index (κ1) is 12.5. The molecule has 2 aromatic rings. The van der Waals surface area contributed by atoms with E-state index in [9.17, 15) is 0 Å². The first-order chi connectivity index (χ1) is 8.69. The lowest BCUT2D eigenvalue weighted by atomic mass is 10.1. The molecule has 18 heavy (non-hydrogen) atoms. The van der Waals surface area contributed by atoms with Gasteiger partial charge in [0.25, 0.3) is 0 Å². The second-order valence-corrected chi connectivity index (χ2v) is 4.28. The van der Waals surface area contributed by atoms with Crippen molar-refractivity contribution < 1.29 is 9.84 Å². The summed E-state index contributed by atoms with van der Waals surface area (Å²) >= 11 is 0. The number of rotatable bonds is 2. The third-order valence-corrected chi connectivity index (χ3v) is 2.68. The third-order valence-electron chi connectivity index (χ3n) is 2.68. The largest absolute Gasteiger partial charge is 0.497 e. The summed E-state index contributed by atoms with van der Waals surface area (Å²) in [6.45, 7) is 1.74. The lowest BCUT2D eigenvalue weighted by molar-refractivity contribution is 0.201. The van der Waals surface area contributed by atoms with Gasteiger partial charge in [-0.1, -0.05) is 24.0 Å². The van der Waals surface area contributed by atoms with Gasteiger partial charge in [0.05, 0.1) is 13.2 Å². The number of benzene rings is 2. The molecule has 2 aromatic carbocycles. The van der Waals surface area contributed by atoms with Crippen LogP contribution in [0.3, 0.4) is 0 Å². The van der Waals surface area contributed by atoms with Gasteiger partial charge in [-0.2, -0.15) is 0 Å². The van der Waals surface area contributed by atoms with E-state index in [1.807, 2.05) is 36.4 Å². The van der Waals surface area contributed by atoms with Crippen LogP contribution in [0, 0.1) is 11.8 Å².